The molecular weight excluding hydrogens is 290 g/mol. The SMILES string of the molecule is O=C(COC(=O)C=Cc1ccccc1Cl)NC1CCCC1. The van der Waals surface area contributed by atoms with E-state index < -0.39 is 5.97 Å². The molecule has 0 saturated heterocycles. The fraction of sp³-hybridized carbons (Fsp3) is 0.375. The molecule has 1 amide bonds. The first kappa shape index (κ1) is 15.6. The zero-order valence-electron chi connectivity index (χ0n) is 11.7. The van der Waals surface area contributed by atoms with Crippen LogP contribution in [0.1, 0.15) is 31.2 Å². The summed E-state index contributed by atoms with van der Waals surface area (Å²) in [6.07, 6.45) is 7.14. The van der Waals surface area contributed by atoms with Crippen molar-refractivity contribution in [2.75, 3.05) is 6.61 Å². The van der Waals surface area contributed by atoms with Gasteiger partial charge in [0.15, 0.2) is 6.61 Å². The summed E-state index contributed by atoms with van der Waals surface area (Å²) in [4.78, 5) is 23.1. The highest BCUT2D eigenvalue weighted by Crippen LogP contribution is 2.17. The Kier molecular flexibility index (Phi) is 5.81. The lowest BCUT2D eigenvalue weighted by atomic mass is 10.2. The molecule has 0 spiro atoms. The van der Waals surface area contributed by atoms with Gasteiger partial charge in [-0.25, -0.2) is 4.79 Å². The van der Waals surface area contributed by atoms with Crippen molar-refractivity contribution in [1.29, 1.82) is 0 Å². The highest BCUT2D eigenvalue weighted by molar-refractivity contribution is 6.32. The van der Waals surface area contributed by atoms with E-state index >= 15 is 0 Å². The Morgan fingerprint density at radius 3 is 2.71 bits per heavy atom. The average Bonchev–Trinajstić information content (AvgIpc) is 2.97. The smallest absolute Gasteiger partial charge is 0.331 e. The molecule has 1 aromatic rings. The molecule has 0 radical (unpaired) electrons. The van der Waals surface area contributed by atoms with Crippen LogP contribution in [0.4, 0.5) is 0 Å². The number of carbonyl (C=O) groups is 2. The van der Waals surface area contributed by atoms with Crippen LogP contribution >= 0.6 is 11.6 Å². The number of rotatable bonds is 5. The van der Waals surface area contributed by atoms with E-state index in [0.717, 1.165) is 31.2 Å². The molecule has 1 fully saturated rings. The van der Waals surface area contributed by atoms with Gasteiger partial charge in [-0.3, -0.25) is 4.79 Å². The van der Waals surface area contributed by atoms with Crippen molar-refractivity contribution < 1.29 is 14.3 Å². The van der Waals surface area contributed by atoms with Crippen LogP contribution < -0.4 is 5.32 Å². The molecule has 0 bridgehead atoms. The maximum atomic E-state index is 11.6. The fourth-order valence-corrected chi connectivity index (χ4v) is 2.49. The zero-order valence-corrected chi connectivity index (χ0v) is 12.4. The van der Waals surface area contributed by atoms with Crippen molar-refractivity contribution in [2.24, 2.45) is 0 Å². The molecule has 0 atom stereocenters. The Hall–Kier alpha value is -1.81. The van der Waals surface area contributed by atoms with Crippen molar-refractivity contribution in [1.82, 2.24) is 5.32 Å². The molecule has 2 rings (SSSR count). The van der Waals surface area contributed by atoms with Gasteiger partial charge in [0.25, 0.3) is 5.91 Å². The molecule has 0 heterocycles. The molecule has 1 aromatic carbocycles. The topological polar surface area (TPSA) is 55.4 Å². The lowest BCUT2D eigenvalue weighted by Crippen LogP contribution is -2.35. The number of carbonyl (C=O) groups excluding carboxylic acids is 2. The predicted octanol–water partition coefficient (Wildman–Crippen LogP) is 2.96. The fourth-order valence-electron chi connectivity index (χ4n) is 2.29. The van der Waals surface area contributed by atoms with Gasteiger partial charge in [-0.05, 0) is 30.5 Å². The highest BCUT2D eigenvalue weighted by atomic mass is 35.5. The van der Waals surface area contributed by atoms with Crippen LogP contribution in [-0.4, -0.2) is 24.5 Å². The monoisotopic (exact) mass is 307 g/mol. The van der Waals surface area contributed by atoms with Gasteiger partial charge in [0.05, 0.1) is 0 Å². The van der Waals surface area contributed by atoms with E-state index in [-0.39, 0.29) is 18.6 Å². The predicted molar refractivity (Wildman–Crippen MR) is 81.8 cm³/mol. The van der Waals surface area contributed by atoms with Gasteiger partial charge in [-0.1, -0.05) is 42.6 Å². The summed E-state index contributed by atoms with van der Waals surface area (Å²) < 4.78 is 4.89. The second-order valence-electron chi connectivity index (χ2n) is 5.01. The van der Waals surface area contributed by atoms with Gasteiger partial charge in [0.1, 0.15) is 0 Å². The molecule has 4 nitrogen and oxygen atoms in total. The lowest BCUT2D eigenvalue weighted by Gasteiger charge is -2.11. The Labute approximate surface area is 129 Å². The maximum Gasteiger partial charge on any atom is 0.331 e. The minimum atomic E-state index is -0.559. The number of amides is 1. The molecule has 112 valence electrons. The minimum absolute atomic E-state index is 0.231. The molecule has 1 saturated carbocycles. The van der Waals surface area contributed by atoms with Crippen LogP contribution in [0, 0.1) is 0 Å². The van der Waals surface area contributed by atoms with E-state index in [2.05, 4.69) is 5.32 Å². The van der Waals surface area contributed by atoms with Crippen molar-refractivity contribution >= 4 is 29.6 Å². The first-order valence-corrected chi connectivity index (χ1v) is 7.41. The first-order valence-electron chi connectivity index (χ1n) is 7.04. The standard InChI is InChI=1S/C16H18ClNO3/c17-14-8-4-1-5-12(14)9-10-16(20)21-11-15(19)18-13-6-2-3-7-13/h1,4-5,8-10,13H,2-3,6-7,11H2,(H,18,19). The molecule has 0 unspecified atom stereocenters. The molecule has 21 heavy (non-hydrogen) atoms. The van der Waals surface area contributed by atoms with E-state index in [1.165, 1.54) is 6.08 Å². The van der Waals surface area contributed by atoms with Gasteiger partial charge in [-0.15, -0.1) is 0 Å². The number of hydrogen-bond acceptors (Lipinski definition) is 3. The van der Waals surface area contributed by atoms with E-state index in [1.807, 2.05) is 12.1 Å². The molecule has 0 aliphatic heterocycles. The van der Waals surface area contributed by atoms with E-state index in [0.29, 0.717) is 5.02 Å². The van der Waals surface area contributed by atoms with Crippen molar-refractivity contribution in [3.05, 3.63) is 40.9 Å². The number of hydrogen-bond donors (Lipinski definition) is 1. The van der Waals surface area contributed by atoms with Crippen LogP contribution in [0.5, 0.6) is 0 Å². The van der Waals surface area contributed by atoms with Crippen LogP contribution in [0.3, 0.4) is 0 Å². The summed E-state index contributed by atoms with van der Waals surface area (Å²) in [7, 11) is 0. The summed E-state index contributed by atoms with van der Waals surface area (Å²) in [6.45, 7) is -0.248. The normalized spacial score (nSPS) is 15.3. The van der Waals surface area contributed by atoms with Crippen LogP contribution in [0.2, 0.25) is 5.02 Å². The summed E-state index contributed by atoms with van der Waals surface area (Å²) in [6, 6.07) is 7.40. The number of esters is 1. The Bertz CT molecular complexity index is 536. The minimum Gasteiger partial charge on any atom is -0.452 e. The van der Waals surface area contributed by atoms with Crippen LogP contribution in [-0.2, 0) is 14.3 Å². The summed E-state index contributed by atoms with van der Waals surface area (Å²) in [5.41, 5.74) is 0.728. The van der Waals surface area contributed by atoms with Gasteiger partial charge in [-0.2, -0.15) is 0 Å². The number of benzene rings is 1. The second-order valence-corrected chi connectivity index (χ2v) is 5.42. The Morgan fingerprint density at radius 1 is 1.29 bits per heavy atom. The Morgan fingerprint density at radius 2 is 2.00 bits per heavy atom. The number of nitrogens with one attached hydrogen (secondary N) is 1. The largest absolute Gasteiger partial charge is 0.452 e. The van der Waals surface area contributed by atoms with Crippen molar-refractivity contribution in [3.8, 4) is 0 Å². The molecule has 0 aromatic heterocycles. The highest BCUT2D eigenvalue weighted by Gasteiger charge is 2.17. The van der Waals surface area contributed by atoms with E-state index in [1.54, 1.807) is 18.2 Å². The van der Waals surface area contributed by atoms with Crippen molar-refractivity contribution in [2.45, 2.75) is 31.7 Å². The van der Waals surface area contributed by atoms with Gasteiger partial charge < -0.3 is 10.1 Å². The zero-order chi connectivity index (χ0) is 15.1. The first-order chi connectivity index (χ1) is 10.1. The molecular formula is C16H18ClNO3. The average molecular weight is 308 g/mol. The van der Waals surface area contributed by atoms with Crippen LogP contribution in [0.25, 0.3) is 6.08 Å². The van der Waals surface area contributed by atoms with Gasteiger partial charge in [0.2, 0.25) is 0 Å². The summed E-state index contributed by atoms with van der Waals surface area (Å²) >= 11 is 5.96. The molecule has 1 aliphatic rings. The Balaban J connectivity index is 1.74. The number of halogens is 1. The van der Waals surface area contributed by atoms with Crippen molar-refractivity contribution in [3.63, 3.8) is 0 Å². The molecule has 5 heteroatoms. The second kappa shape index (κ2) is 7.84. The lowest BCUT2D eigenvalue weighted by molar-refractivity contribution is -0.144. The maximum absolute atomic E-state index is 11.6. The third-order valence-corrected chi connectivity index (χ3v) is 3.71. The summed E-state index contributed by atoms with van der Waals surface area (Å²) in [5, 5.41) is 3.41. The van der Waals surface area contributed by atoms with Gasteiger partial charge in [0, 0.05) is 17.1 Å². The molecule has 1 N–H and O–H groups in total. The van der Waals surface area contributed by atoms with Crippen LogP contribution in [0.15, 0.2) is 30.3 Å². The molecule has 1 aliphatic carbocycles. The van der Waals surface area contributed by atoms with Gasteiger partial charge >= 0.3 is 5.97 Å². The number of ether oxygens (including phenoxy) is 1. The van der Waals surface area contributed by atoms with E-state index in [4.69, 9.17) is 16.3 Å². The third kappa shape index (κ3) is 5.23. The quantitative estimate of drug-likeness (QED) is 0.672. The van der Waals surface area contributed by atoms with E-state index in [9.17, 15) is 9.59 Å². The third-order valence-electron chi connectivity index (χ3n) is 3.37. The summed E-state index contributed by atoms with van der Waals surface area (Å²) in [5.74, 6) is -0.808.